The number of halogens is 1. The van der Waals surface area contributed by atoms with Crippen LogP contribution in [0.15, 0.2) is 78.9 Å². The van der Waals surface area contributed by atoms with Gasteiger partial charge in [-0.1, -0.05) is 54.1 Å². The molecule has 3 rings (SSSR count). The third kappa shape index (κ3) is 6.72. The van der Waals surface area contributed by atoms with Crippen molar-refractivity contribution < 1.29 is 9.53 Å². The van der Waals surface area contributed by atoms with E-state index in [0.29, 0.717) is 26.1 Å². The summed E-state index contributed by atoms with van der Waals surface area (Å²) in [6.07, 6.45) is 0.403. The van der Waals surface area contributed by atoms with Crippen molar-refractivity contribution in [1.82, 2.24) is 5.32 Å². The first kappa shape index (κ1) is 19.9. The summed E-state index contributed by atoms with van der Waals surface area (Å²) in [5, 5.41) is 6.87. The number of amides is 1. The molecule has 4 nitrogen and oxygen atoms in total. The van der Waals surface area contributed by atoms with Crippen molar-refractivity contribution in [3.05, 3.63) is 95.0 Å². The number of benzene rings is 3. The summed E-state index contributed by atoms with van der Waals surface area (Å²) >= 11 is 5.87. The SMILES string of the molecule is O=C(CCNCc1ccc(Cl)cc1)Nc1ccc(OCc2ccccc2)cc1. The van der Waals surface area contributed by atoms with Crippen LogP contribution in [0.25, 0.3) is 0 Å². The van der Waals surface area contributed by atoms with Gasteiger partial charge in [0.1, 0.15) is 12.4 Å². The molecule has 0 aliphatic carbocycles. The molecular formula is C23H23ClN2O2. The second-order valence-electron chi connectivity index (χ2n) is 6.40. The van der Waals surface area contributed by atoms with E-state index in [2.05, 4.69) is 10.6 Å². The van der Waals surface area contributed by atoms with Crippen LogP contribution in [0.1, 0.15) is 17.5 Å². The third-order valence-electron chi connectivity index (χ3n) is 4.16. The molecule has 0 saturated heterocycles. The fourth-order valence-corrected chi connectivity index (χ4v) is 2.76. The molecule has 0 fully saturated rings. The van der Waals surface area contributed by atoms with E-state index in [1.54, 1.807) is 0 Å². The molecule has 0 bridgehead atoms. The molecule has 0 spiro atoms. The number of rotatable bonds is 9. The first-order chi connectivity index (χ1) is 13.7. The number of ether oxygens (including phenoxy) is 1. The Kier molecular flexibility index (Phi) is 7.47. The van der Waals surface area contributed by atoms with Crippen LogP contribution >= 0.6 is 11.6 Å². The topological polar surface area (TPSA) is 50.4 Å². The average Bonchev–Trinajstić information content (AvgIpc) is 2.73. The van der Waals surface area contributed by atoms with E-state index < -0.39 is 0 Å². The summed E-state index contributed by atoms with van der Waals surface area (Å²) in [5.41, 5.74) is 3.01. The summed E-state index contributed by atoms with van der Waals surface area (Å²) in [6.45, 7) is 1.83. The monoisotopic (exact) mass is 394 g/mol. The zero-order valence-corrected chi connectivity index (χ0v) is 16.3. The number of carbonyl (C=O) groups is 1. The van der Waals surface area contributed by atoms with E-state index in [9.17, 15) is 4.79 Å². The van der Waals surface area contributed by atoms with Crippen LogP contribution in [0.3, 0.4) is 0 Å². The predicted octanol–water partition coefficient (Wildman–Crippen LogP) is 5.04. The highest BCUT2D eigenvalue weighted by Gasteiger charge is 2.03. The van der Waals surface area contributed by atoms with Crippen LogP contribution in [0.4, 0.5) is 5.69 Å². The smallest absolute Gasteiger partial charge is 0.225 e. The van der Waals surface area contributed by atoms with Crippen molar-refractivity contribution in [1.29, 1.82) is 0 Å². The molecule has 144 valence electrons. The predicted molar refractivity (Wildman–Crippen MR) is 114 cm³/mol. The summed E-state index contributed by atoms with van der Waals surface area (Å²) < 4.78 is 5.75. The molecule has 0 aliphatic rings. The van der Waals surface area contributed by atoms with E-state index in [1.165, 1.54) is 0 Å². The highest BCUT2D eigenvalue weighted by atomic mass is 35.5. The van der Waals surface area contributed by atoms with Gasteiger partial charge < -0.3 is 15.4 Å². The van der Waals surface area contributed by atoms with Gasteiger partial charge in [0.15, 0.2) is 0 Å². The van der Waals surface area contributed by atoms with Crippen molar-refractivity contribution >= 4 is 23.2 Å². The standard InChI is InChI=1S/C23H23ClN2O2/c24-20-8-6-18(7-9-20)16-25-15-14-23(27)26-21-10-12-22(13-11-21)28-17-19-4-2-1-3-5-19/h1-13,25H,14-17H2,(H,26,27). The Labute approximate surface area is 170 Å². The van der Waals surface area contributed by atoms with Crippen LogP contribution in [-0.2, 0) is 17.9 Å². The lowest BCUT2D eigenvalue weighted by Gasteiger charge is -2.09. The van der Waals surface area contributed by atoms with Crippen molar-refractivity contribution in [3.8, 4) is 5.75 Å². The Bertz CT molecular complexity index is 865. The molecule has 2 N–H and O–H groups in total. The van der Waals surface area contributed by atoms with Gasteiger partial charge in [-0.2, -0.15) is 0 Å². The summed E-state index contributed by atoms with van der Waals surface area (Å²) in [6, 6.07) is 25.1. The number of anilines is 1. The molecule has 0 aliphatic heterocycles. The first-order valence-electron chi connectivity index (χ1n) is 9.21. The number of carbonyl (C=O) groups excluding carboxylic acids is 1. The minimum absolute atomic E-state index is 0.0263. The molecule has 0 radical (unpaired) electrons. The molecule has 3 aromatic carbocycles. The molecular weight excluding hydrogens is 372 g/mol. The van der Waals surface area contributed by atoms with E-state index in [-0.39, 0.29) is 5.91 Å². The zero-order chi connectivity index (χ0) is 19.6. The summed E-state index contributed by atoms with van der Waals surface area (Å²) in [5.74, 6) is 0.744. The van der Waals surface area contributed by atoms with E-state index in [1.807, 2.05) is 78.9 Å². The van der Waals surface area contributed by atoms with Crippen molar-refractivity contribution in [3.63, 3.8) is 0 Å². The van der Waals surface area contributed by atoms with Gasteiger partial charge in [0.25, 0.3) is 0 Å². The van der Waals surface area contributed by atoms with Gasteiger partial charge in [0.05, 0.1) is 0 Å². The second kappa shape index (κ2) is 10.5. The number of hydrogen-bond acceptors (Lipinski definition) is 3. The second-order valence-corrected chi connectivity index (χ2v) is 6.84. The zero-order valence-electron chi connectivity index (χ0n) is 15.5. The highest BCUT2D eigenvalue weighted by molar-refractivity contribution is 6.30. The van der Waals surface area contributed by atoms with E-state index in [0.717, 1.165) is 27.6 Å². The lowest BCUT2D eigenvalue weighted by molar-refractivity contribution is -0.116. The molecule has 0 saturated carbocycles. The van der Waals surface area contributed by atoms with Gasteiger partial charge >= 0.3 is 0 Å². The normalized spacial score (nSPS) is 10.5. The van der Waals surface area contributed by atoms with Crippen molar-refractivity contribution in [2.24, 2.45) is 0 Å². The maximum Gasteiger partial charge on any atom is 0.225 e. The lowest BCUT2D eigenvalue weighted by atomic mass is 10.2. The van der Waals surface area contributed by atoms with Gasteiger partial charge in [0.2, 0.25) is 5.91 Å². The maximum atomic E-state index is 12.1. The minimum atomic E-state index is -0.0263. The van der Waals surface area contributed by atoms with Gasteiger partial charge in [0, 0.05) is 30.2 Å². The van der Waals surface area contributed by atoms with Gasteiger partial charge in [-0.3, -0.25) is 4.79 Å². The molecule has 0 aromatic heterocycles. The average molecular weight is 395 g/mol. The maximum absolute atomic E-state index is 12.1. The van der Waals surface area contributed by atoms with E-state index in [4.69, 9.17) is 16.3 Å². The van der Waals surface area contributed by atoms with Crippen molar-refractivity contribution in [2.75, 3.05) is 11.9 Å². The van der Waals surface area contributed by atoms with Crippen LogP contribution in [-0.4, -0.2) is 12.5 Å². The summed E-state index contributed by atoms with van der Waals surface area (Å²) in [7, 11) is 0. The van der Waals surface area contributed by atoms with Crippen LogP contribution < -0.4 is 15.4 Å². The van der Waals surface area contributed by atoms with Crippen LogP contribution in [0, 0.1) is 0 Å². The van der Waals surface area contributed by atoms with Crippen molar-refractivity contribution in [2.45, 2.75) is 19.6 Å². The van der Waals surface area contributed by atoms with Gasteiger partial charge in [-0.25, -0.2) is 0 Å². The van der Waals surface area contributed by atoms with Gasteiger partial charge in [-0.15, -0.1) is 0 Å². The Morgan fingerprint density at radius 1 is 0.857 bits per heavy atom. The number of nitrogens with one attached hydrogen (secondary N) is 2. The minimum Gasteiger partial charge on any atom is -0.489 e. The molecule has 0 atom stereocenters. The van der Waals surface area contributed by atoms with Crippen LogP contribution in [0.2, 0.25) is 5.02 Å². The Balaban J connectivity index is 1.36. The molecule has 3 aromatic rings. The molecule has 1 amide bonds. The quantitative estimate of drug-likeness (QED) is 0.500. The fourth-order valence-electron chi connectivity index (χ4n) is 2.64. The summed E-state index contributed by atoms with van der Waals surface area (Å²) in [4.78, 5) is 12.1. The first-order valence-corrected chi connectivity index (χ1v) is 9.59. The highest BCUT2D eigenvalue weighted by Crippen LogP contribution is 2.17. The number of hydrogen-bond donors (Lipinski definition) is 2. The van der Waals surface area contributed by atoms with Crippen LogP contribution in [0.5, 0.6) is 5.75 Å². The fraction of sp³-hybridized carbons (Fsp3) is 0.174. The van der Waals surface area contributed by atoms with Gasteiger partial charge in [-0.05, 0) is 47.5 Å². The molecule has 28 heavy (non-hydrogen) atoms. The third-order valence-corrected chi connectivity index (χ3v) is 4.41. The lowest BCUT2D eigenvalue weighted by Crippen LogP contribution is -2.21. The molecule has 0 unspecified atom stereocenters. The Hall–Kier alpha value is -2.82. The van der Waals surface area contributed by atoms with E-state index >= 15 is 0 Å². The Morgan fingerprint density at radius 3 is 2.29 bits per heavy atom. The molecule has 0 heterocycles. The molecule has 5 heteroatoms. The largest absolute Gasteiger partial charge is 0.489 e. The Morgan fingerprint density at radius 2 is 1.57 bits per heavy atom.